The SMILES string of the molecule is O=C(C[S+]([O-])Cc1ccc(F)cc1)NO. The van der Waals surface area contributed by atoms with Crippen molar-refractivity contribution in [2.45, 2.75) is 5.75 Å². The smallest absolute Gasteiger partial charge is 0.293 e. The van der Waals surface area contributed by atoms with Crippen molar-refractivity contribution < 1.29 is 18.9 Å². The first-order valence-corrected chi connectivity index (χ1v) is 5.63. The number of halogens is 1. The molecule has 0 heterocycles. The lowest BCUT2D eigenvalue weighted by Crippen LogP contribution is -2.28. The largest absolute Gasteiger partial charge is 0.616 e. The number of hydroxylamine groups is 1. The van der Waals surface area contributed by atoms with E-state index in [9.17, 15) is 13.7 Å². The third-order valence-electron chi connectivity index (χ3n) is 1.66. The first-order chi connectivity index (χ1) is 7.11. The van der Waals surface area contributed by atoms with Gasteiger partial charge in [0.1, 0.15) is 11.6 Å². The molecule has 82 valence electrons. The van der Waals surface area contributed by atoms with E-state index in [2.05, 4.69) is 0 Å². The zero-order valence-electron chi connectivity index (χ0n) is 7.77. The first-order valence-electron chi connectivity index (χ1n) is 4.14. The van der Waals surface area contributed by atoms with Crippen LogP contribution in [-0.2, 0) is 21.7 Å². The molecule has 1 atom stereocenters. The van der Waals surface area contributed by atoms with Crippen LogP contribution in [0, 0.1) is 5.82 Å². The monoisotopic (exact) mass is 231 g/mol. The first kappa shape index (κ1) is 12.0. The maximum absolute atomic E-state index is 12.5. The summed E-state index contributed by atoms with van der Waals surface area (Å²) in [5, 5.41) is 8.20. The van der Waals surface area contributed by atoms with Crippen LogP contribution in [0.3, 0.4) is 0 Å². The fourth-order valence-electron chi connectivity index (χ4n) is 0.996. The molecule has 1 rings (SSSR count). The minimum absolute atomic E-state index is 0.160. The standard InChI is InChI=1S/C9H10FNO3S/c10-8-3-1-7(2-4-8)5-15(14)6-9(12)11-13/h1-4,13H,5-6H2,(H,11,12). The van der Waals surface area contributed by atoms with Crippen molar-refractivity contribution in [1.29, 1.82) is 0 Å². The Morgan fingerprint density at radius 3 is 2.60 bits per heavy atom. The van der Waals surface area contributed by atoms with Gasteiger partial charge < -0.3 is 4.55 Å². The molecule has 4 nitrogen and oxygen atoms in total. The van der Waals surface area contributed by atoms with Gasteiger partial charge in [-0.15, -0.1) is 0 Å². The van der Waals surface area contributed by atoms with Crippen molar-refractivity contribution in [3.63, 3.8) is 0 Å². The predicted molar refractivity (Wildman–Crippen MR) is 53.0 cm³/mol. The highest BCUT2D eigenvalue weighted by atomic mass is 32.2. The number of rotatable bonds is 4. The molecule has 0 radical (unpaired) electrons. The molecule has 0 spiro atoms. The molecule has 1 aromatic rings. The third-order valence-corrected chi connectivity index (χ3v) is 2.90. The second-order valence-corrected chi connectivity index (χ2v) is 4.35. The van der Waals surface area contributed by atoms with Crippen LogP contribution in [0.25, 0.3) is 0 Å². The van der Waals surface area contributed by atoms with Gasteiger partial charge in [0.25, 0.3) is 5.91 Å². The number of carbonyl (C=O) groups excluding carboxylic acids is 1. The molecule has 1 unspecified atom stereocenters. The molecule has 1 amide bonds. The molecule has 0 aliphatic carbocycles. The Labute approximate surface area is 89.2 Å². The third kappa shape index (κ3) is 4.28. The van der Waals surface area contributed by atoms with E-state index in [0.717, 1.165) is 0 Å². The molecule has 0 aliphatic heterocycles. The average Bonchev–Trinajstić information content (AvgIpc) is 2.21. The van der Waals surface area contributed by atoms with Crippen LogP contribution in [0.1, 0.15) is 5.56 Å². The van der Waals surface area contributed by atoms with Gasteiger partial charge in [0.15, 0.2) is 5.75 Å². The highest BCUT2D eigenvalue weighted by Crippen LogP contribution is 2.07. The summed E-state index contributed by atoms with van der Waals surface area (Å²) in [5.41, 5.74) is 2.08. The van der Waals surface area contributed by atoms with Gasteiger partial charge in [-0.2, -0.15) is 0 Å². The highest BCUT2D eigenvalue weighted by molar-refractivity contribution is 7.91. The number of hydrogen-bond acceptors (Lipinski definition) is 3. The van der Waals surface area contributed by atoms with E-state index < -0.39 is 17.1 Å². The number of amides is 1. The average molecular weight is 231 g/mol. The minimum atomic E-state index is -1.40. The van der Waals surface area contributed by atoms with Crippen molar-refractivity contribution in [3.8, 4) is 0 Å². The summed E-state index contributed by atoms with van der Waals surface area (Å²) in [6.45, 7) is 0. The van der Waals surface area contributed by atoms with Crippen LogP contribution < -0.4 is 5.48 Å². The summed E-state index contributed by atoms with van der Waals surface area (Å²) < 4.78 is 23.8. The molecule has 1 aromatic carbocycles. The summed E-state index contributed by atoms with van der Waals surface area (Å²) in [4.78, 5) is 10.7. The molecule has 0 saturated heterocycles. The van der Waals surface area contributed by atoms with Crippen molar-refractivity contribution in [3.05, 3.63) is 35.6 Å². The highest BCUT2D eigenvalue weighted by Gasteiger charge is 2.13. The molecular formula is C9H10FNO3S. The summed E-state index contributed by atoms with van der Waals surface area (Å²) in [6, 6.07) is 5.53. The molecule has 6 heteroatoms. The van der Waals surface area contributed by atoms with E-state index in [-0.39, 0.29) is 17.3 Å². The summed E-state index contributed by atoms with van der Waals surface area (Å²) in [5.74, 6) is -1.17. The maximum Gasteiger partial charge on any atom is 0.293 e. The Balaban J connectivity index is 2.47. The Kier molecular flexibility index (Phi) is 4.54. The lowest BCUT2D eigenvalue weighted by Gasteiger charge is -2.09. The molecule has 0 aromatic heterocycles. The quantitative estimate of drug-likeness (QED) is 0.452. The lowest BCUT2D eigenvalue weighted by molar-refractivity contribution is -0.126. The van der Waals surface area contributed by atoms with Gasteiger partial charge in [0, 0.05) is 5.56 Å². The van der Waals surface area contributed by atoms with Gasteiger partial charge >= 0.3 is 0 Å². The van der Waals surface area contributed by atoms with Gasteiger partial charge in [0.05, 0.1) is 0 Å². The number of benzene rings is 1. The molecule has 0 bridgehead atoms. The van der Waals surface area contributed by atoms with Crippen LogP contribution in [0.4, 0.5) is 4.39 Å². The normalized spacial score (nSPS) is 12.2. The molecule has 2 N–H and O–H groups in total. The van der Waals surface area contributed by atoms with Gasteiger partial charge in [0.2, 0.25) is 0 Å². The molecule has 0 aliphatic rings. The van der Waals surface area contributed by atoms with Crippen LogP contribution in [0.15, 0.2) is 24.3 Å². The topological polar surface area (TPSA) is 72.4 Å². The summed E-state index contributed by atoms with van der Waals surface area (Å²) in [6.07, 6.45) is 0. The van der Waals surface area contributed by atoms with E-state index in [1.807, 2.05) is 0 Å². The molecule has 0 saturated carbocycles. The van der Waals surface area contributed by atoms with E-state index in [1.54, 1.807) is 0 Å². The van der Waals surface area contributed by atoms with E-state index in [0.29, 0.717) is 5.56 Å². The second kappa shape index (κ2) is 5.69. The van der Waals surface area contributed by atoms with Gasteiger partial charge in [-0.1, -0.05) is 12.1 Å². The van der Waals surface area contributed by atoms with Crippen LogP contribution >= 0.6 is 0 Å². The Bertz CT molecular complexity index is 331. The molecular weight excluding hydrogens is 221 g/mol. The zero-order valence-corrected chi connectivity index (χ0v) is 8.59. The molecule has 0 fully saturated rings. The van der Waals surface area contributed by atoms with Crippen LogP contribution in [0.5, 0.6) is 0 Å². The number of hydrogen-bond donors (Lipinski definition) is 2. The Hall–Kier alpha value is -1.11. The van der Waals surface area contributed by atoms with Crippen molar-refractivity contribution in [2.75, 3.05) is 5.75 Å². The van der Waals surface area contributed by atoms with E-state index >= 15 is 0 Å². The zero-order chi connectivity index (χ0) is 11.3. The van der Waals surface area contributed by atoms with Crippen molar-refractivity contribution >= 4 is 17.1 Å². The predicted octanol–water partition coefficient (Wildman–Crippen LogP) is 0.580. The van der Waals surface area contributed by atoms with Gasteiger partial charge in [-0.3, -0.25) is 10.0 Å². The fourth-order valence-corrected chi connectivity index (χ4v) is 2.02. The maximum atomic E-state index is 12.5. The Morgan fingerprint density at radius 2 is 2.07 bits per heavy atom. The molecule has 15 heavy (non-hydrogen) atoms. The summed E-state index contributed by atoms with van der Waals surface area (Å²) in [7, 11) is 0. The van der Waals surface area contributed by atoms with Crippen molar-refractivity contribution in [2.24, 2.45) is 0 Å². The van der Waals surface area contributed by atoms with E-state index in [4.69, 9.17) is 5.21 Å². The number of carbonyl (C=O) groups is 1. The van der Waals surface area contributed by atoms with Crippen LogP contribution in [0.2, 0.25) is 0 Å². The lowest BCUT2D eigenvalue weighted by atomic mass is 10.2. The van der Waals surface area contributed by atoms with Gasteiger partial charge in [-0.25, -0.2) is 9.87 Å². The van der Waals surface area contributed by atoms with E-state index in [1.165, 1.54) is 29.7 Å². The Morgan fingerprint density at radius 1 is 1.47 bits per heavy atom. The minimum Gasteiger partial charge on any atom is -0.616 e. The fraction of sp³-hybridized carbons (Fsp3) is 0.222. The van der Waals surface area contributed by atoms with Crippen LogP contribution in [-0.4, -0.2) is 21.4 Å². The van der Waals surface area contributed by atoms with Gasteiger partial charge in [-0.05, 0) is 23.3 Å². The summed E-state index contributed by atoms with van der Waals surface area (Å²) >= 11 is -1.40. The number of nitrogens with one attached hydrogen (secondary N) is 1. The second-order valence-electron chi connectivity index (χ2n) is 2.89. The van der Waals surface area contributed by atoms with Crippen molar-refractivity contribution in [1.82, 2.24) is 5.48 Å².